The van der Waals surface area contributed by atoms with Crippen LogP contribution in [0, 0.1) is 0 Å². The number of anilines is 1. The van der Waals surface area contributed by atoms with Gasteiger partial charge in [0.15, 0.2) is 0 Å². The second kappa shape index (κ2) is 8.80. The third kappa shape index (κ3) is 4.17. The number of nitrogens with zero attached hydrogens (tertiary/aromatic N) is 2. The quantitative estimate of drug-likeness (QED) is 0.677. The molecule has 0 atom stereocenters. The number of carbonyl (C=O) groups is 1. The van der Waals surface area contributed by atoms with Gasteiger partial charge in [-0.25, -0.2) is 0 Å². The molecule has 1 aromatic heterocycles. The summed E-state index contributed by atoms with van der Waals surface area (Å²) in [7, 11) is -2.82. The van der Waals surface area contributed by atoms with E-state index in [1.807, 2.05) is 10.3 Å². The molecule has 1 fully saturated rings. The number of methoxy groups -OCH3 is 1. The summed E-state index contributed by atoms with van der Waals surface area (Å²) < 4.78 is 61.7. The van der Waals surface area contributed by atoms with Gasteiger partial charge < -0.3 is 9.64 Å². The lowest BCUT2D eigenvalue weighted by molar-refractivity contribution is -0.128. The highest BCUT2D eigenvalue weighted by molar-refractivity contribution is 7.09. The Kier molecular flexibility index (Phi) is 4.03. The Balaban J connectivity index is 1.92. The van der Waals surface area contributed by atoms with Crippen molar-refractivity contribution in [3.05, 3.63) is 52.7 Å². The molecule has 140 valence electrons. The zero-order valence-electron chi connectivity index (χ0n) is 21.8. The average Bonchev–Trinajstić information content (AvgIpc) is 3.25. The van der Waals surface area contributed by atoms with E-state index in [1.165, 1.54) is 11.3 Å². The van der Waals surface area contributed by atoms with Crippen LogP contribution in [0.5, 0.6) is 0 Å². The van der Waals surface area contributed by atoms with Crippen LogP contribution < -0.4 is 4.90 Å². The number of rotatable bonds is 7. The van der Waals surface area contributed by atoms with E-state index in [2.05, 4.69) is 0 Å². The molecule has 1 aliphatic rings. The molecule has 3 rings (SSSR count). The van der Waals surface area contributed by atoms with Gasteiger partial charge in [0.25, 0.3) is 0 Å². The first-order valence-corrected chi connectivity index (χ1v) is 9.48. The average molecular weight is 380 g/mol. The molecule has 0 bridgehead atoms. The van der Waals surface area contributed by atoms with Crippen molar-refractivity contribution in [2.45, 2.75) is 38.2 Å². The number of hydrogen-bond donors (Lipinski definition) is 0. The highest BCUT2D eigenvalue weighted by Gasteiger charge is 2.42. The first kappa shape index (κ1) is 11.9. The molecule has 1 aliphatic heterocycles. The van der Waals surface area contributed by atoms with Gasteiger partial charge in [0, 0.05) is 61.9 Å². The summed E-state index contributed by atoms with van der Waals surface area (Å²) in [5, 5.41) is 1.82. The zero-order chi connectivity index (χ0) is 24.5. The molecular weight excluding hydrogens is 344 g/mol. The lowest BCUT2D eigenvalue weighted by atomic mass is 9.96. The maximum Gasteiger partial charge on any atom is 0.229 e. The number of carbonyl (C=O) groups excluding carboxylic acids is 1. The smallest absolute Gasteiger partial charge is 0.229 e. The summed E-state index contributed by atoms with van der Waals surface area (Å²) in [5.41, 5.74) is -1.25. The summed E-state index contributed by atoms with van der Waals surface area (Å²) in [4.78, 5) is 16.9. The second-order valence-corrected chi connectivity index (χ2v) is 7.15. The van der Waals surface area contributed by atoms with E-state index in [0.29, 0.717) is 10.6 Å². The molecule has 0 aliphatic carbocycles. The monoisotopic (exact) mass is 379 g/mol. The van der Waals surface area contributed by atoms with Crippen molar-refractivity contribution in [2.75, 3.05) is 31.6 Å². The highest BCUT2D eigenvalue weighted by atomic mass is 32.1. The Labute approximate surface area is 170 Å². The Morgan fingerprint density at radius 3 is 2.69 bits per heavy atom. The van der Waals surface area contributed by atoms with Crippen molar-refractivity contribution in [2.24, 2.45) is 0 Å². The summed E-state index contributed by atoms with van der Waals surface area (Å²) >= 11 is 1.34. The number of hydrogen-bond acceptors (Lipinski definition) is 4. The lowest BCUT2D eigenvalue weighted by Crippen LogP contribution is -2.59. The molecule has 5 heteroatoms. The number of ether oxygens (including phenoxy) is 1. The van der Waals surface area contributed by atoms with Crippen LogP contribution in [0.3, 0.4) is 0 Å². The molecule has 1 amide bonds. The minimum atomic E-state index is -2.82. The molecular formula is C21H28N2O2S. The van der Waals surface area contributed by atoms with Crippen LogP contribution in [0.4, 0.5) is 5.69 Å². The summed E-state index contributed by atoms with van der Waals surface area (Å²) in [5.74, 6) is -0.889. The van der Waals surface area contributed by atoms with Crippen LogP contribution in [0.25, 0.3) is 0 Å². The van der Waals surface area contributed by atoms with Gasteiger partial charge in [0.2, 0.25) is 5.91 Å². The van der Waals surface area contributed by atoms with Crippen molar-refractivity contribution in [3.8, 4) is 0 Å². The van der Waals surface area contributed by atoms with Gasteiger partial charge in [0.05, 0.1) is 4.11 Å². The van der Waals surface area contributed by atoms with Crippen molar-refractivity contribution < 1.29 is 19.1 Å². The molecule has 4 nitrogen and oxygen atoms in total. The Bertz CT molecular complexity index is 922. The fourth-order valence-electron chi connectivity index (χ4n) is 3.23. The van der Waals surface area contributed by atoms with Crippen molar-refractivity contribution >= 4 is 22.9 Å². The van der Waals surface area contributed by atoms with Crippen LogP contribution in [0.15, 0.2) is 47.8 Å². The minimum absolute atomic E-state index is 0.0859. The van der Waals surface area contributed by atoms with E-state index < -0.39 is 31.4 Å². The maximum atomic E-state index is 13.2. The highest BCUT2D eigenvalue weighted by Crippen LogP contribution is 2.34. The van der Waals surface area contributed by atoms with E-state index in [9.17, 15) is 4.79 Å². The second-order valence-electron chi connectivity index (χ2n) is 6.20. The Hall–Kier alpha value is -1.69. The van der Waals surface area contributed by atoms with Gasteiger partial charge in [-0.1, -0.05) is 31.2 Å². The van der Waals surface area contributed by atoms with Gasteiger partial charge in [-0.3, -0.25) is 9.69 Å². The molecule has 0 unspecified atom stereocenters. The van der Waals surface area contributed by atoms with Crippen LogP contribution in [-0.4, -0.2) is 43.2 Å². The van der Waals surface area contributed by atoms with Crippen LogP contribution in [0.1, 0.15) is 40.6 Å². The van der Waals surface area contributed by atoms with E-state index >= 15 is 0 Å². The van der Waals surface area contributed by atoms with E-state index in [-0.39, 0.29) is 32.5 Å². The predicted molar refractivity (Wildman–Crippen MR) is 108 cm³/mol. The number of amides is 1. The Morgan fingerprint density at radius 1 is 1.31 bits per heavy atom. The number of para-hydroxylation sites is 1. The van der Waals surface area contributed by atoms with Crippen molar-refractivity contribution in [1.29, 1.82) is 0 Å². The zero-order valence-corrected chi connectivity index (χ0v) is 15.6. The van der Waals surface area contributed by atoms with Gasteiger partial charge >= 0.3 is 0 Å². The fraction of sp³-hybridized carbons (Fsp3) is 0.476. The number of piperidine rings is 1. The van der Waals surface area contributed by atoms with E-state index in [4.69, 9.17) is 14.3 Å². The number of thiophene rings is 1. The SMILES string of the molecule is [2H]C([2H])([2H])OC1(N(C(=O)C([2H])([2H])C)c2ccccc2)CCN(CC([2H])([2H])c2cccs2)CC1. The first-order chi connectivity index (χ1) is 15.2. The van der Waals surface area contributed by atoms with Gasteiger partial charge in [-0.15, -0.1) is 11.3 Å². The van der Waals surface area contributed by atoms with Crippen LogP contribution >= 0.6 is 11.3 Å². The largest absolute Gasteiger partial charge is 0.358 e. The van der Waals surface area contributed by atoms with Crippen molar-refractivity contribution in [1.82, 2.24) is 4.90 Å². The summed E-state index contributed by atoms with van der Waals surface area (Å²) in [6.45, 7) is 1.82. The molecule has 1 aromatic carbocycles. The molecule has 2 heterocycles. The first-order valence-electron chi connectivity index (χ1n) is 12.1. The summed E-state index contributed by atoms with van der Waals surface area (Å²) in [6.07, 6.45) is -3.66. The number of benzene rings is 1. The molecule has 0 spiro atoms. The molecule has 0 N–H and O–H groups in total. The molecule has 2 aromatic rings. The van der Waals surface area contributed by atoms with E-state index in [1.54, 1.807) is 42.5 Å². The third-order valence-corrected chi connectivity index (χ3v) is 5.49. The third-order valence-electron chi connectivity index (χ3n) is 4.66. The lowest BCUT2D eigenvalue weighted by Gasteiger charge is -2.47. The molecule has 1 saturated heterocycles. The topological polar surface area (TPSA) is 32.8 Å². The normalized spacial score (nSPS) is 22.7. The maximum absolute atomic E-state index is 13.2. The summed E-state index contributed by atoms with van der Waals surface area (Å²) in [6, 6.07) is 11.9. The van der Waals surface area contributed by atoms with Gasteiger partial charge in [-0.05, 0) is 30.0 Å². The molecule has 26 heavy (non-hydrogen) atoms. The predicted octanol–water partition coefficient (Wildman–Crippen LogP) is 4.17. The Morgan fingerprint density at radius 2 is 2.08 bits per heavy atom. The minimum Gasteiger partial charge on any atom is -0.358 e. The van der Waals surface area contributed by atoms with Crippen LogP contribution in [0.2, 0.25) is 0 Å². The van der Waals surface area contributed by atoms with Gasteiger partial charge in [0.1, 0.15) is 5.72 Å². The van der Waals surface area contributed by atoms with Gasteiger partial charge in [-0.2, -0.15) is 0 Å². The van der Waals surface area contributed by atoms with Crippen molar-refractivity contribution in [3.63, 3.8) is 0 Å². The standard InChI is InChI=1S/C21H28N2O2S/c1-3-20(24)23(18-8-5-4-6-9-18)21(25-2)12-15-22(16-13-21)14-11-19-10-7-17-26-19/h4-10,17H,3,11-16H2,1-2H3/i2D3,3D2,11D2. The van der Waals surface area contributed by atoms with Crippen LogP contribution in [-0.2, 0) is 15.9 Å². The number of likely N-dealkylation sites (tertiary alicyclic amines) is 1. The molecule has 0 saturated carbocycles. The van der Waals surface area contributed by atoms with E-state index in [0.717, 1.165) is 11.8 Å². The fourth-order valence-corrected chi connectivity index (χ4v) is 3.84. The molecule has 0 radical (unpaired) electrons.